The lowest BCUT2D eigenvalue weighted by atomic mass is 10.0. The van der Waals surface area contributed by atoms with Crippen molar-refractivity contribution in [3.8, 4) is 0 Å². The van der Waals surface area contributed by atoms with Gasteiger partial charge in [-0.25, -0.2) is 0 Å². The number of nitrogens with zero attached hydrogens (tertiary/aromatic N) is 2. The first kappa shape index (κ1) is 16.5. The minimum absolute atomic E-state index is 0.739. The molecule has 0 saturated carbocycles. The van der Waals surface area contributed by atoms with Gasteiger partial charge in [-0.2, -0.15) is 0 Å². The number of nitrogens with one attached hydrogen (secondary N) is 1. The minimum Gasteiger partial charge on any atom is -0.314 e. The van der Waals surface area contributed by atoms with Crippen molar-refractivity contribution < 1.29 is 0 Å². The van der Waals surface area contributed by atoms with Gasteiger partial charge >= 0.3 is 0 Å². The number of hydrogen-bond acceptors (Lipinski definition) is 3. The zero-order valence-electron chi connectivity index (χ0n) is 13.7. The molecule has 21 heavy (non-hydrogen) atoms. The normalized spacial score (nSPS) is 20.0. The van der Waals surface area contributed by atoms with Gasteiger partial charge < -0.3 is 10.2 Å². The van der Waals surface area contributed by atoms with Gasteiger partial charge in [0.05, 0.1) is 0 Å². The molecule has 1 unspecified atom stereocenters. The van der Waals surface area contributed by atoms with Crippen molar-refractivity contribution in [3.63, 3.8) is 0 Å². The summed E-state index contributed by atoms with van der Waals surface area (Å²) in [7, 11) is 2.26. The number of hydrogen-bond donors (Lipinski definition) is 1. The van der Waals surface area contributed by atoms with Gasteiger partial charge in [-0.15, -0.1) is 0 Å². The molecule has 3 heteroatoms. The van der Waals surface area contributed by atoms with E-state index in [1.54, 1.807) is 0 Å². The molecular weight excluding hydrogens is 258 g/mol. The number of piperidine rings is 1. The highest BCUT2D eigenvalue weighted by molar-refractivity contribution is 5.14. The Labute approximate surface area is 130 Å². The Morgan fingerprint density at radius 1 is 1.24 bits per heavy atom. The molecule has 0 spiro atoms. The van der Waals surface area contributed by atoms with Gasteiger partial charge in [0.2, 0.25) is 0 Å². The third kappa shape index (κ3) is 5.77. The van der Waals surface area contributed by atoms with Gasteiger partial charge in [-0.1, -0.05) is 43.7 Å². The Balaban J connectivity index is 1.64. The smallest absolute Gasteiger partial charge is 0.0234 e. The summed E-state index contributed by atoms with van der Waals surface area (Å²) in [5, 5.41) is 3.65. The maximum atomic E-state index is 3.65. The standard InChI is InChI=1S/C18H31N3/c1-3-21(16-17-9-5-4-6-10-17)14-12-19-15-18-11-7-8-13-20(18)2/h4-6,9-10,18-19H,3,7-8,11-16H2,1-2H3. The molecule has 1 heterocycles. The Morgan fingerprint density at radius 2 is 2.05 bits per heavy atom. The van der Waals surface area contributed by atoms with E-state index < -0.39 is 0 Å². The van der Waals surface area contributed by atoms with Crippen molar-refractivity contribution in [1.82, 2.24) is 15.1 Å². The largest absolute Gasteiger partial charge is 0.314 e. The van der Waals surface area contributed by atoms with Crippen LogP contribution in [-0.4, -0.2) is 55.6 Å². The molecule has 0 aromatic heterocycles. The molecule has 1 N–H and O–H groups in total. The quantitative estimate of drug-likeness (QED) is 0.742. The van der Waals surface area contributed by atoms with E-state index in [4.69, 9.17) is 0 Å². The molecule has 0 amide bonds. The van der Waals surface area contributed by atoms with Crippen LogP contribution in [0.25, 0.3) is 0 Å². The molecule has 1 aromatic rings. The predicted molar refractivity (Wildman–Crippen MR) is 90.5 cm³/mol. The first-order valence-corrected chi connectivity index (χ1v) is 8.47. The summed E-state index contributed by atoms with van der Waals surface area (Å²) in [4.78, 5) is 5.02. The monoisotopic (exact) mass is 289 g/mol. The van der Waals surface area contributed by atoms with Crippen molar-refractivity contribution >= 4 is 0 Å². The van der Waals surface area contributed by atoms with Crippen LogP contribution in [0, 0.1) is 0 Å². The van der Waals surface area contributed by atoms with Crippen LogP contribution in [0.15, 0.2) is 30.3 Å². The first-order valence-electron chi connectivity index (χ1n) is 8.47. The van der Waals surface area contributed by atoms with Crippen molar-refractivity contribution in [2.45, 2.75) is 38.8 Å². The second kappa shape index (κ2) is 9.19. The summed E-state index contributed by atoms with van der Waals surface area (Å²) in [5.74, 6) is 0. The molecule has 3 nitrogen and oxygen atoms in total. The molecular formula is C18H31N3. The van der Waals surface area contributed by atoms with Crippen LogP contribution < -0.4 is 5.32 Å². The Kier molecular flexibility index (Phi) is 7.20. The van der Waals surface area contributed by atoms with Crippen LogP contribution in [0.4, 0.5) is 0 Å². The van der Waals surface area contributed by atoms with Crippen LogP contribution in [-0.2, 0) is 6.54 Å². The van der Waals surface area contributed by atoms with E-state index in [9.17, 15) is 0 Å². The molecule has 0 radical (unpaired) electrons. The van der Waals surface area contributed by atoms with Crippen LogP contribution in [0.5, 0.6) is 0 Å². The summed E-state index contributed by atoms with van der Waals surface area (Å²) in [6, 6.07) is 11.5. The molecule has 1 saturated heterocycles. The highest BCUT2D eigenvalue weighted by Gasteiger charge is 2.17. The molecule has 2 rings (SSSR count). The third-order valence-corrected chi connectivity index (χ3v) is 4.60. The maximum Gasteiger partial charge on any atom is 0.0234 e. The lowest BCUT2D eigenvalue weighted by molar-refractivity contribution is 0.179. The number of rotatable bonds is 8. The molecule has 1 atom stereocenters. The third-order valence-electron chi connectivity index (χ3n) is 4.60. The topological polar surface area (TPSA) is 18.5 Å². The zero-order chi connectivity index (χ0) is 14.9. The highest BCUT2D eigenvalue weighted by atomic mass is 15.2. The summed E-state index contributed by atoms with van der Waals surface area (Å²) in [5.41, 5.74) is 1.41. The van der Waals surface area contributed by atoms with E-state index >= 15 is 0 Å². The molecule has 1 aliphatic rings. The number of likely N-dealkylation sites (tertiary alicyclic amines) is 1. The van der Waals surface area contributed by atoms with E-state index in [1.165, 1.54) is 31.4 Å². The van der Waals surface area contributed by atoms with Gasteiger partial charge in [0, 0.05) is 32.2 Å². The van der Waals surface area contributed by atoms with Crippen molar-refractivity contribution in [2.24, 2.45) is 0 Å². The lowest BCUT2D eigenvalue weighted by Crippen LogP contribution is -2.44. The highest BCUT2D eigenvalue weighted by Crippen LogP contribution is 2.13. The molecule has 1 aliphatic heterocycles. The number of likely N-dealkylation sites (N-methyl/N-ethyl adjacent to an activating group) is 2. The lowest BCUT2D eigenvalue weighted by Gasteiger charge is -2.32. The van der Waals surface area contributed by atoms with Gasteiger partial charge in [0.25, 0.3) is 0 Å². The van der Waals surface area contributed by atoms with Crippen molar-refractivity contribution in [1.29, 1.82) is 0 Å². The summed E-state index contributed by atoms with van der Waals surface area (Å²) < 4.78 is 0. The van der Waals surface area contributed by atoms with E-state index in [0.29, 0.717) is 0 Å². The average Bonchev–Trinajstić information content (AvgIpc) is 2.53. The Bertz CT molecular complexity index is 379. The predicted octanol–water partition coefficient (Wildman–Crippen LogP) is 2.58. The van der Waals surface area contributed by atoms with E-state index in [-0.39, 0.29) is 0 Å². The average molecular weight is 289 g/mol. The Hall–Kier alpha value is -0.900. The second-order valence-electron chi connectivity index (χ2n) is 6.19. The van der Waals surface area contributed by atoms with Crippen molar-refractivity contribution in [3.05, 3.63) is 35.9 Å². The summed E-state index contributed by atoms with van der Waals surface area (Å²) >= 11 is 0. The molecule has 1 aromatic carbocycles. The van der Waals surface area contributed by atoms with Crippen LogP contribution in [0.3, 0.4) is 0 Å². The van der Waals surface area contributed by atoms with E-state index in [1.807, 2.05) is 0 Å². The summed E-state index contributed by atoms with van der Waals surface area (Å²) in [6.45, 7) is 9.04. The summed E-state index contributed by atoms with van der Waals surface area (Å²) in [6.07, 6.45) is 4.12. The van der Waals surface area contributed by atoms with Crippen molar-refractivity contribution in [2.75, 3.05) is 39.8 Å². The van der Waals surface area contributed by atoms with E-state index in [0.717, 1.165) is 38.8 Å². The van der Waals surface area contributed by atoms with Gasteiger partial charge in [-0.05, 0) is 38.5 Å². The molecule has 0 bridgehead atoms. The number of benzene rings is 1. The molecule has 1 fully saturated rings. The van der Waals surface area contributed by atoms with E-state index in [2.05, 4.69) is 59.4 Å². The Morgan fingerprint density at radius 3 is 2.76 bits per heavy atom. The second-order valence-corrected chi connectivity index (χ2v) is 6.19. The van der Waals surface area contributed by atoms with Crippen LogP contribution >= 0.6 is 0 Å². The fourth-order valence-corrected chi connectivity index (χ4v) is 3.10. The molecule has 118 valence electrons. The maximum absolute atomic E-state index is 3.65. The first-order chi connectivity index (χ1) is 10.3. The van der Waals surface area contributed by atoms with Gasteiger partial charge in [-0.3, -0.25) is 4.90 Å². The zero-order valence-corrected chi connectivity index (χ0v) is 13.7. The fraction of sp³-hybridized carbons (Fsp3) is 0.667. The fourth-order valence-electron chi connectivity index (χ4n) is 3.10. The van der Waals surface area contributed by atoms with Crippen LogP contribution in [0.2, 0.25) is 0 Å². The van der Waals surface area contributed by atoms with Gasteiger partial charge in [0.15, 0.2) is 0 Å². The minimum atomic E-state index is 0.739. The molecule has 0 aliphatic carbocycles. The van der Waals surface area contributed by atoms with Crippen LogP contribution in [0.1, 0.15) is 31.7 Å². The SMILES string of the molecule is CCN(CCNCC1CCCCN1C)Cc1ccccc1. The van der Waals surface area contributed by atoms with Gasteiger partial charge in [0.1, 0.15) is 0 Å².